The third-order valence-corrected chi connectivity index (χ3v) is 3.92. The van der Waals surface area contributed by atoms with Gasteiger partial charge in [-0.3, -0.25) is 4.99 Å². The number of H-pyrrole nitrogens is 1. The predicted octanol–water partition coefficient (Wildman–Crippen LogP) is 2.68. The number of aromatic nitrogens is 4. The Balaban J connectivity index is 0.00000147. The summed E-state index contributed by atoms with van der Waals surface area (Å²) in [5, 5.41) is 0. The van der Waals surface area contributed by atoms with Crippen molar-refractivity contribution in [2.75, 3.05) is 6.54 Å². The Morgan fingerprint density at radius 3 is 2.85 bits per heavy atom. The van der Waals surface area contributed by atoms with E-state index >= 15 is 0 Å². The molecule has 0 aliphatic heterocycles. The second-order valence-electron chi connectivity index (χ2n) is 5.30. The van der Waals surface area contributed by atoms with Gasteiger partial charge in [-0.25, -0.2) is 9.97 Å². The number of aromatic amines is 1. The number of fused-ring (bicyclic) bond motifs is 1. The largest absolute Gasteiger partial charge is 0.340 e. The van der Waals surface area contributed by atoms with Gasteiger partial charge in [0.2, 0.25) is 0 Å². The van der Waals surface area contributed by atoms with Gasteiger partial charge < -0.3 is 9.55 Å². The van der Waals surface area contributed by atoms with Crippen LogP contribution in [0.25, 0.3) is 11.2 Å². The van der Waals surface area contributed by atoms with Crippen molar-refractivity contribution in [3.05, 3.63) is 18.1 Å². The van der Waals surface area contributed by atoms with Crippen LogP contribution in [0.15, 0.2) is 17.6 Å². The molecule has 0 bridgehead atoms. The summed E-state index contributed by atoms with van der Waals surface area (Å²) in [4.78, 5) is 16.5. The van der Waals surface area contributed by atoms with Crippen LogP contribution in [-0.4, -0.2) is 26.1 Å². The molecule has 3 rings (SSSR count). The van der Waals surface area contributed by atoms with Gasteiger partial charge in [0.1, 0.15) is 5.52 Å². The molecular formula is C14H22ClN5. The van der Waals surface area contributed by atoms with E-state index in [9.17, 15) is 0 Å². The van der Waals surface area contributed by atoms with E-state index in [1.807, 2.05) is 13.3 Å². The van der Waals surface area contributed by atoms with Crippen LogP contribution in [0.3, 0.4) is 0 Å². The molecule has 0 spiro atoms. The lowest BCUT2D eigenvalue weighted by Crippen LogP contribution is -2.19. The Morgan fingerprint density at radius 1 is 1.30 bits per heavy atom. The zero-order chi connectivity index (χ0) is 13.1. The van der Waals surface area contributed by atoms with Gasteiger partial charge in [-0.15, -0.1) is 12.4 Å². The quantitative estimate of drug-likeness (QED) is 0.946. The number of hydrogen-bond acceptors (Lipinski definition) is 3. The van der Waals surface area contributed by atoms with E-state index in [-0.39, 0.29) is 12.4 Å². The summed E-state index contributed by atoms with van der Waals surface area (Å²) in [6.45, 7) is 3.79. The monoisotopic (exact) mass is 295 g/mol. The van der Waals surface area contributed by atoms with Crippen molar-refractivity contribution in [3.8, 4) is 0 Å². The van der Waals surface area contributed by atoms with Gasteiger partial charge >= 0.3 is 0 Å². The number of imidazole rings is 1. The molecule has 6 heteroatoms. The summed E-state index contributed by atoms with van der Waals surface area (Å²) >= 11 is 0. The van der Waals surface area contributed by atoms with E-state index in [0.717, 1.165) is 35.7 Å². The standard InChI is InChI=1S/C14H21N5.ClH/c1-2-15-13-12-14(17-9-16-12)19(10-18-13)8-11-6-4-3-5-7-11;/h9-11H,2-8H2,1H3,(H,16,17);1H. The van der Waals surface area contributed by atoms with Crippen LogP contribution in [0.2, 0.25) is 0 Å². The topological polar surface area (TPSA) is 58.9 Å². The minimum absolute atomic E-state index is 0. The number of hydrogen-bond donors (Lipinski definition) is 1. The van der Waals surface area contributed by atoms with Crippen LogP contribution in [0.4, 0.5) is 0 Å². The fourth-order valence-electron chi connectivity index (χ4n) is 2.96. The first-order valence-electron chi connectivity index (χ1n) is 7.27. The molecule has 20 heavy (non-hydrogen) atoms. The molecule has 1 aliphatic rings. The zero-order valence-electron chi connectivity index (χ0n) is 11.9. The molecule has 2 heterocycles. The van der Waals surface area contributed by atoms with Gasteiger partial charge in [0.25, 0.3) is 0 Å². The molecule has 0 atom stereocenters. The lowest BCUT2D eigenvalue weighted by molar-refractivity contribution is 0.320. The highest BCUT2D eigenvalue weighted by Crippen LogP contribution is 2.25. The van der Waals surface area contributed by atoms with Crippen molar-refractivity contribution in [2.45, 2.75) is 45.6 Å². The molecule has 0 amide bonds. The molecule has 1 saturated carbocycles. The van der Waals surface area contributed by atoms with Crippen molar-refractivity contribution < 1.29 is 0 Å². The molecule has 0 aromatic carbocycles. The molecule has 2 aromatic rings. The van der Waals surface area contributed by atoms with Gasteiger partial charge in [0.05, 0.1) is 12.7 Å². The minimum atomic E-state index is 0. The average molecular weight is 296 g/mol. The van der Waals surface area contributed by atoms with E-state index in [0.29, 0.717) is 0 Å². The molecule has 0 radical (unpaired) electrons. The second-order valence-corrected chi connectivity index (χ2v) is 5.30. The summed E-state index contributed by atoms with van der Waals surface area (Å²) in [5.41, 5.74) is 2.71. The molecular weight excluding hydrogens is 274 g/mol. The number of rotatable bonds is 3. The second kappa shape index (κ2) is 6.88. The fourth-order valence-corrected chi connectivity index (χ4v) is 2.96. The summed E-state index contributed by atoms with van der Waals surface area (Å²) in [7, 11) is 0. The average Bonchev–Trinajstić information content (AvgIpc) is 2.93. The Kier molecular flexibility index (Phi) is 5.17. The normalized spacial score (nSPS) is 17.4. The third-order valence-electron chi connectivity index (χ3n) is 3.92. The van der Waals surface area contributed by atoms with E-state index in [1.54, 1.807) is 6.33 Å². The van der Waals surface area contributed by atoms with Gasteiger partial charge in [-0.1, -0.05) is 19.3 Å². The van der Waals surface area contributed by atoms with Crippen LogP contribution >= 0.6 is 12.4 Å². The highest BCUT2D eigenvalue weighted by atomic mass is 35.5. The van der Waals surface area contributed by atoms with E-state index in [1.165, 1.54) is 32.1 Å². The van der Waals surface area contributed by atoms with Crippen LogP contribution in [0.5, 0.6) is 0 Å². The Hall–Kier alpha value is -1.36. The first-order valence-corrected chi connectivity index (χ1v) is 7.27. The van der Waals surface area contributed by atoms with E-state index < -0.39 is 0 Å². The maximum atomic E-state index is 4.46. The highest BCUT2D eigenvalue weighted by Gasteiger charge is 2.15. The number of nitrogens with one attached hydrogen (secondary N) is 1. The molecule has 1 aliphatic carbocycles. The Bertz CT molecular complexity index is 609. The van der Waals surface area contributed by atoms with Gasteiger partial charge in [-0.05, 0) is 25.7 Å². The number of nitrogens with zero attached hydrogens (tertiary/aromatic N) is 4. The number of halogens is 1. The molecule has 2 aromatic heterocycles. The molecule has 1 fully saturated rings. The van der Waals surface area contributed by atoms with Crippen LogP contribution < -0.4 is 5.49 Å². The van der Waals surface area contributed by atoms with Crippen molar-refractivity contribution >= 4 is 23.6 Å². The van der Waals surface area contributed by atoms with Crippen molar-refractivity contribution in [1.29, 1.82) is 0 Å². The van der Waals surface area contributed by atoms with Crippen molar-refractivity contribution in [2.24, 2.45) is 10.9 Å². The molecule has 0 saturated heterocycles. The maximum absolute atomic E-state index is 4.46. The highest BCUT2D eigenvalue weighted by molar-refractivity contribution is 5.85. The van der Waals surface area contributed by atoms with Gasteiger partial charge in [-0.2, -0.15) is 0 Å². The first kappa shape index (κ1) is 15.0. The van der Waals surface area contributed by atoms with Crippen LogP contribution in [-0.2, 0) is 6.54 Å². The van der Waals surface area contributed by atoms with Gasteiger partial charge in [0, 0.05) is 13.1 Å². The Morgan fingerprint density at radius 2 is 2.10 bits per heavy atom. The summed E-state index contributed by atoms with van der Waals surface area (Å²) in [5.74, 6) is 0.773. The maximum Gasteiger partial charge on any atom is 0.176 e. The zero-order valence-corrected chi connectivity index (χ0v) is 12.7. The SMILES string of the molecule is CCN=c1ncn(CC2CCCCC2)c2nc[nH]c12.Cl. The molecule has 1 N–H and O–H groups in total. The molecule has 110 valence electrons. The van der Waals surface area contributed by atoms with Crippen molar-refractivity contribution in [3.63, 3.8) is 0 Å². The van der Waals surface area contributed by atoms with Crippen LogP contribution in [0.1, 0.15) is 39.0 Å². The van der Waals surface area contributed by atoms with Crippen molar-refractivity contribution in [1.82, 2.24) is 19.5 Å². The summed E-state index contributed by atoms with van der Waals surface area (Å²) in [6, 6.07) is 0. The lowest BCUT2D eigenvalue weighted by atomic mass is 9.89. The molecule has 0 unspecified atom stereocenters. The van der Waals surface area contributed by atoms with E-state index in [4.69, 9.17) is 0 Å². The fraction of sp³-hybridized carbons (Fsp3) is 0.643. The van der Waals surface area contributed by atoms with Gasteiger partial charge in [0.15, 0.2) is 11.1 Å². The van der Waals surface area contributed by atoms with E-state index in [2.05, 4.69) is 24.5 Å². The van der Waals surface area contributed by atoms with Crippen LogP contribution in [0, 0.1) is 5.92 Å². The molecule has 5 nitrogen and oxygen atoms in total. The lowest BCUT2D eigenvalue weighted by Gasteiger charge is -2.22. The minimum Gasteiger partial charge on any atom is -0.340 e. The summed E-state index contributed by atoms with van der Waals surface area (Å²) < 4.78 is 2.18. The predicted molar refractivity (Wildman–Crippen MR) is 81.8 cm³/mol. The third kappa shape index (κ3) is 3.03. The first-order chi connectivity index (χ1) is 9.38. The Labute approximate surface area is 125 Å². The smallest absolute Gasteiger partial charge is 0.176 e. The summed E-state index contributed by atoms with van der Waals surface area (Å²) in [6.07, 6.45) is 10.4.